The summed E-state index contributed by atoms with van der Waals surface area (Å²) in [6.45, 7) is 2.07. The first kappa shape index (κ1) is 14.3. The molecule has 0 spiro atoms. The highest BCUT2D eigenvalue weighted by molar-refractivity contribution is 5.85. The third-order valence-corrected chi connectivity index (χ3v) is 3.48. The van der Waals surface area contributed by atoms with E-state index in [0.717, 1.165) is 38.8 Å². The molecule has 2 fully saturated rings. The molecule has 19 heavy (non-hydrogen) atoms. The van der Waals surface area contributed by atoms with Gasteiger partial charge in [-0.2, -0.15) is 0 Å². The predicted octanol–water partition coefficient (Wildman–Crippen LogP) is -0.508. The summed E-state index contributed by atoms with van der Waals surface area (Å²) in [5.41, 5.74) is 0. The van der Waals surface area contributed by atoms with Gasteiger partial charge in [0, 0.05) is 13.1 Å². The number of nitrogens with one attached hydrogen (secondary N) is 2. The molecule has 0 atom stereocenters. The minimum absolute atomic E-state index is 0.0673. The lowest BCUT2D eigenvalue weighted by Crippen LogP contribution is -2.41. The number of rotatable bonds is 6. The van der Waals surface area contributed by atoms with Gasteiger partial charge in [0.15, 0.2) is 0 Å². The van der Waals surface area contributed by atoms with Gasteiger partial charge in [0.05, 0.1) is 12.6 Å². The van der Waals surface area contributed by atoms with Crippen molar-refractivity contribution in [2.75, 3.05) is 33.3 Å². The second-order valence-corrected chi connectivity index (χ2v) is 5.35. The normalized spacial score (nSPS) is 20.1. The molecular formula is C13H23N3O3. The summed E-state index contributed by atoms with van der Waals surface area (Å²) in [5, 5.41) is 6.11. The van der Waals surface area contributed by atoms with Crippen LogP contribution in [0, 0.1) is 0 Å². The van der Waals surface area contributed by atoms with Crippen LogP contribution in [0.15, 0.2) is 0 Å². The van der Waals surface area contributed by atoms with Crippen LogP contribution < -0.4 is 10.6 Å². The maximum atomic E-state index is 11.8. The molecule has 6 heteroatoms. The topological polar surface area (TPSA) is 70.7 Å². The van der Waals surface area contributed by atoms with E-state index in [2.05, 4.69) is 10.6 Å². The molecule has 0 bridgehead atoms. The molecule has 108 valence electrons. The van der Waals surface area contributed by atoms with Crippen LogP contribution in [0.1, 0.15) is 25.7 Å². The van der Waals surface area contributed by atoms with Crippen molar-refractivity contribution in [3.8, 4) is 0 Å². The van der Waals surface area contributed by atoms with Gasteiger partial charge in [-0.25, -0.2) is 0 Å². The summed E-state index contributed by atoms with van der Waals surface area (Å²) in [4.78, 5) is 24.8. The smallest absolute Gasteiger partial charge is 0.248 e. The predicted molar refractivity (Wildman–Crippen MR) is 70.6 cm³/mol. The summed E-state index contributed by atoms with van der Waals surface area (Å²) in [7, 11) is 1.64. The zero-order valence-corrected chi connectivity index (χ0v) is 11.5. The van der Waals surface area contributed by atoms with Crippen molar-refractivity contribution >= 4 is 11.8 Å². The number of carbonyl (C=O) groups is 2. The number of nitrogens with zero attached hydrogens (tertiary/aromatic N) is 1. The van der Waals surface area contributed by atoms with Crippen molar-refractivity contribution in [1.82, 2.24) is 15.5 Å². The van der Waals surface area contributed by atoms with Crippen LogP contribution in [0.4, 0.5) is 0 Å². The van der Waals surface area contributed by atoms with Gasteiger partial charge in [-0.05, 0) is 38.8 Å². The molecule has 1 heterocycles. The van der Waals surface area contributed by atoms with E-state index >= 15 is 0 Å². The molecule has 1 saturated heterocycles. The maximum Gasteiger partial charge on any atom is 0.248 e. The first-order valence-electron chi connectivity index (χ1n) is 7.01. The first-order valence-corrected chi connectivity index (χ1v) is 7.01. The van der Waals surface area contributed by atoms with Crippen LogP contribution in [0.25, 0.3) is 0 Å². The molecular weight excluding hydrogens is 246 g/mol. The molecule has 0 unspecified atom stereocenters. The summed E-state index contributed by atoms with van der Waals surface area (Å²) in [6.07, 6.45) is 4.17. The number of amides is 2. The number of ether oxygens (including phenoxy) is 1. The van der Waals surface area contributed by atoms with E-state index in [1.54, 1.807) is 7.05 Å². The molecule has 1 saturated carbocycles. The molecule has 1 aliphatic heterocycles. The lowest BCUT2D eigenvalue weighted by atomic mass is 10.1. The number of likely N-dealkylation sites (N-methyl/N-ethyl adjacent to an activating group) is 1. The van der Waals surface area contributed by atoms with Crippen LogP contribution in [-0.4, -0.2) is 62.1 Å². The molecule has 2 N–H and O–H groups in total. The Bertz CT molecular complexity index is 325. The Morgan fingerprint density at radius 3 is 2.58 bits per heavy atom. The number of hydrogen-bond acceptors (Lipinski definition) is 4. The Kier molecular flexibility index (Phi) is 5.15. The highest BCUT2D eigenvalue weighted by atomic mass is 16.5. The number of carbonyl (C=O) groups excluding carboxylic acids is 2. The van der Waals surface area contributed by atoms with E-state index in [0.29, 0.717) is 6.04 Å². The fourth-order valence-electron chi connectivity index (χ4n) is 2.07. The monoisotopic (exact) mass is 269 g/mol. The van der Waals surface area contributed by atoms with Gasteiger partial charge in [0.2, 0.25) is 11.8 Å². The fraction of sp³-hybridized carbons (Fsp3) is 0.846. The molecule has 0 aromatic heterocycles. The van der Waals surface area contributed by atoms with Crippen LogP contribution in [0.5, 0.6) is 0 Å². The summed E-state index contributed by atoms with van der Waals surface area (Å²) < 4.78 is 5.58. The lowest BCUT2D eigenvalue weighted by molar-refractivity contribution is -0.140. The SMILES string of the molecule is CN(CC(=O)NC1CC1)C(=O)COC1CCNCC1. The van der Waals surface area contributed by atoms with Crippen molar-refractivity contribution < 1.29 is 14.3 Å². The average Bonchev–Trinajstić information content (AvgIpc) is 3.20. The highest BCUT2D eigenvalue weighted by Gasteiger charge is 2.24. The molecule has 1 aliphatic carbocycles. The van der Waals surface area contributed by atoms with Crippen LogP contribution in [0.2, 0.25) is 0 Å². The summed E-state index contributed by atoms with van der Waals surface area (Å²) in [5.74, 6) is -0.218. The van der Waals surface area contributed by atoms with Gasteiger partial charge >= 0.3 is 0 Å². The largest absolute Gasteiger partial charge is 0.368 e. The van der Waals surface area contributed by atoms with E-state index in [-0.39, 0.29) is 31.1 Å². The maximum absolute atomic E-state index is 11.8. The minimum atomic E-state index is -0.135. The van der Waals surface area contributed by atoms with E-state index in [1.807, 2.05) is 0 Å². The van der Waals surface area contributed by atoms with Crippen LogP contribution >= 0.6 is 0 Å². The summed E-state index contributed by atoms with van der Waals surface area (Å²) >= 11 is 0. The Hall–Kier alpha value is -1.14. The standard InChI is InChI=1S/C13H23N3O3/c1-16(8-12(17)15-10-2-3-10)13(18)9-19-11-4-6-14-7-5-11/h10-11,14H,2-9H2,1H3,(H,15,17). The number of hydrogen-bond donors (Lipinski definition) is 2. The Morgan fingerprint density at radius 2 is 1.95 bits per heavy atom. The zero-order chi connectivity index (χ0) is 13.7. The van der Waals surface area contributed by atoms with Gasteiger partial charge in [0.1, 0.15) is 6.61 Å². The van der Waals surface area contributed by atoms with Crippen molar-refractivity contribution in [2.24, 2.45) is 0 Å². The fourth-order valence-corrected chi connectivity index (χ4v) is 2.07. The van der Waals surface area contributed by atoms with Gasteiger partial charge < -0.3 is 20.3 Å². The highest BCUT2D eigenvalue weighted by Crippen LogP contribution is 2.18. The molecule has 6 nitrogen and oxygen atoms in total. The average molecular weight is 269 g/mol. The Labute approximate surface area is 113 Å². The first-order chi connectivity index (χ1) is 9.15. The Morgan fingerprint density at radius 1 is 1.26 bits per heavy atom. The third-order valence-electron chi connectivity index (χ3n) is 3.48. The molecule has 2 rings (SSSR count). The summed E-state index contributed by atoms with van der Waals surface area (Å²) in [6, 6.07) is 0.335. The van der Waals surface area contributed by atoms with Crippen molar-refractivity contribution in [3.63, 3.8) is 0 Å². The van der Waals surface area contributed by atoms with Crippen molar-refractivity contribution in [1.29, 1.82) is 0 Å². The molecule has 2 aliphatic rings. The van der Waals surface area contributed by atoms with Crippen molar-refractivity contribution in [2.45, 2.75) is 37.8 Å². The second kappa shape index (κ2) is 6.86. The van der Waals surface area contributed by atoms with Crippen molar-refractivity contribution in [3.05, 3.63) is 0 Å². The Balaban J connectivity index is 1.61. The van der Waals surface area contributed by atoms with E-state index in [1.165, 1.54) is 4.90 Å². The molecule has 0 radical (unpaired) electrons. The third kappa shape index (κ3) is 5.16. The second-order valence-electron chi connectivity index (χ2n) is 5.35. The van der Waals surface area contributed by atoms with Gasteiger partial charge in [0.25, 0.3) is 0 Å². The van der Waals surface area contributed by atoms with E-state index in [9.17, 15) is 9.59 Å². The van der Waals surface area contributed by atoms with E-state index < -0.39 is 0 Å². The van der Waals surface area contributed by atoms with Gasteiger partial charge in [-0.3, -0.25) is 9.59 Å². The van der Waals surface area contributed by atoms with Gasteiger partial charge in [-0.15, -0.1) is 0 Å². The van der Waals surface area contributed by atoms with Crippen LogP contribution in [-0.2, 0) is 14.3 Å². The quantitative estimate of drug-likeness (QED) is 0.681. The molecule has 0 aromatic rings. The van der Waals surface area contributed by atoms with Crippen LogP contribution in [0.3, 0.4) is 0 Å². The van der Waals surface area contributed by atoms with E-state index in [4.69, 9.17) is 4.74 Å². The zero-order valence-electron chi connectivity index (χ0n) is 11.5. The number of piperidine rings is 1. The molecule has 0 aromatic carbocycles. The van der Waals surface area contributed by atoms with Gasteiger partial charge in [-0.1, -0.05) is 0 Å². The lowest BCUT2D eigenvalue weighted by Gasteiger charge is -2.24. The molecule has 2 amide bonds. The minimum Gasteiger partial charge on any atom is -0.368 e.